The highest BCUT2D eigenvalue weighted by atomic mass is 16.5. The van der Waals surface area contributed by atoms with E-state index in [1.165, 1.54) is 0 Å². The second kappa shape index (κ2) is 4.24. The Morgan fingerprint density at radius 2 is 1.84 bits per heavy atom. The largest absolute Gasteiger partial charge is 0.508 e. The number of para-hydroxylation sites is 2. The number of phenolic OH excluding ortho intramolecular Hbond substituents is 2. The lowest BCUT2D eigenvalue weighted by molar-refractivity contribution is 0.412. The quantitative estimate of drug-likeness (QED) is 0.654. The van der Waals surface area contributed by atoms with E-state index in [-0.39, 0.29) is 11.5 Å². The topological polar surface area (TPSA) is 65.5 Å². The van der Waals surface area contributed by atoms with Crippen LogP contribution < -0.4 is 4.74 Å². The number of rotatable bonds is 2. The molecule has 1 aromatic heterocycles. The second-order valence-corrected chi connectivity index (χ2v) is 4.38. The number of aromatic nitrogens is 1. The average molecular weight is 255 g/mol. The SMILES string of the molecule is Cc1[nH]c2ccc(O)cc2c1Oc1ccccc1O. The molecule has 0 saturated carbocycles. The molecule has 3 aromatic rings. The summed E-state index contributed by atoms with van der Waals surface area (Å²) in [6.45, 7) is 1.88. The highest BCUT2D eigenvalue weighted by Gasteiger charge is 2.12. The van der Waals surface area contributed by atoms with E-state index < -0.39 is 0 Å². The molecule has 0 radical (unpaired) electrons. The van der Waals surface area contributed by atoms with Gasteiger partial charge in [-0.2, -0.15) is 0 Å². The standard InChI is InChI=1S/C15H13NO3/c1-9-15(19-14-5-3-2-4-13(14)18)11-8-10(17)6-7-12(11)16-9/h2-8,16-18H,1H3. The molecule has 1 heterocycles. The summed E-state index contributed by atoms with van der Waals surface area (Å²) in [5.74, 6) is 1.24. The van der Waals surface area contributed by atoms with Crippen molar-refractivity contribution in [2.45, 2.75) is 6.92 Å². The molecule has 0 bridgehead atoms. The van der Waals surface area contributed by atoms with Crippen molar-refractivity contribution in [3.8, 4) is 23.0 Å². The predicted molar refractivity (Wildman–Crippen MR) is 72.9 cm³/mol. The number of H-pyrrole nitrogens is 1. The monoisotopic (exact) mass is 255 g/mol. The van der Waals surface area contributed by atoms with Crippen LogP contribution in [0.3, 0.4) is 0 Å². The summed E-state index contributed by atoms with van der Waals surface area (Å²) in [5, 5.41) is 20.1. The molecule has 0 amide bonds. The molecule has 0 aliphatic heterocycles. The zero-order valence-corrected chi connectivity index (χ0v) is 10.3. The molecule has 3 rings (SSSR count). The fourth-order valence-corrected chi connectivity index (χ4v) is 2.07. The van der Waals surface area contributed by atoms with E-state index in [0.29, 0.717) is 11.5 Å². The van der Waals surface area contributed by atoms with E-state index >= 15 is 0 Å². The summed E-state index contributed by atoms with van der Waals surface area (Å²) in [4.78, 5) is 3.18. The molecular formula is C15H13NO3. The van der Waals surface area contributed by atoms with E-state index in [1.54, 1.807) is 42.5 Å². The lowest BCUT2D eigenvalue weighted by Gasteiger charge is -2.07. The van der Waals surface area contributed by atoms with Crippen molar-refractivity contribution in [3.63, 3.8) is 0 Å². The van der Waals surface area contributed by atoms with Gasteiger partial charge in [-0.1, -0.05) is 12.1 Å². The summed E-state index contributed by atoms with van der Waals surface area (Å²) < 4.78 is 5.76. The summed E-state index contributed by atoms with van der Waals surface area (Å²) in [6.07, 6.45) is 0. The zero-order valence-electron chi connectivity index (χ0n) is 10.3. The minimum atomic E-state index is 0.0800. The van der Waals surface area contributed by atoms with Crippen LogP contribution in [0.15, 0.2) is 42.5 Å². The van der Waals surface area contributed by atoms with Gasteiger partial charge in [0.05, 0.1) is 5.69 Å². The lowest BCUT2D eigenvalue weighted by atomic mass is 10.2. The highest BCUT2D eigenvalue weighted by molar-refractivity contribution is 5.89. The Labute approximate surface area is 109 Å². The zero-order chi connectivity index (χ0) is 13.4. The van der Waals surface area contributed by atoms with Crippen LogP contribution in [0.5, 0.6) is 23.0 Å². The highest BCUT2D eigenvalue weighted by Crippen LogP contribution is 2.37. The van der Waals surface area contributed by atoms with Gasteiger partial charge in [-0.3, -0.25) is 0 Å². The molecule has 0 atom stereocenters. The van der Waals surface area contributed by atoms with Gasteiger partial charge in [0.2, 0.25) is 0 Å². The summed E-state index contributed by atoms with van der Waals surface area (Å²) in [7, 11) is 0. The number of aryl methyl sites for hydroxylation is 1. The normalized spacial score (nSPS) is 10.8. The molecule has 2 aromatic carbocycles. The van der Waals surface area contributed by atoms with Crippen molar-refractivity contribution < 1.29 is 14.9 Å². The minimum Gasteiger partial charge on any atom is -0.508 e. The molecule has 0 saturated heterocycles. The van der Waals surface area contributed by atoms with Gasteiger partial charge in [0.15, 0.2) is 17.2 Å². The molecule has 96 valence electrons. The van der Waals surface area contributed by atoms with Crippen molar-refractivity contribution in [3.05, 3.63) is 48.2 Å². The van der Waals surface area contributed by atoms with Crippen molar-refractivity contribution in [2.75, 3.05) is 0 Å². The number of nitrogens with one attached hydrogen (secondary N) is 1. The van der Waals surface area contributed by atoms with Gasteiger partial charge in [0, 0.05) is 10.9 Å². The van der Waals surface area contributed by atoms with E-state index in [2.05, 4.69) is 4.98 Å². The summed E-state index contributed by atoms with van der Waals surface area (Å²) in [5.41, 5.74) is 1.71. The number of hydrogen-bond acceptors (Lipinski definition) is 3. The summed E-state index contributed by atoms with van der Waals surface area (Å²) in [6, 6.07) is 11.8. The first-order valence-electron chi connectivity index (χ1n) is 5.92. The first-order chi connectivity index (χ1) is 9.15. The fourth-order valence-electron chi connectivity index (χ4n) is 2.07. The molecule has 0 spiro atoms. The maximum absolute atomic E-state index is 9.74. The molecule has 0 aliphatic carbocycles. The number of aromatic amines is 1. The van der Waals surface area contributed by atoms with Crippen molar-refractivity contribution in [1.82, 2.24) is 4.98 Å². The molecule has 4 nitrogen and oxygen atoms in total. The van der Waals surface area contributed by atoms with Gasteiger partial charge in [0.25, 0.3) is 0 Å². The Morgan fingerprint density at radius 1 is 1.05 bits per heavy atom. The third kappa shape index (κ3) is 1.97. The van der Waals surface area contributed by atoms with E-state index in [4.69, 9.17) is 4.74 Å². The number of fused-ring (bicyclic) bond motifs is 1. The molecule has 0 unspecified atom stereocenters. The molecule has 0 fully saturated rings. The maximum Gasteiger partial charge on any atom is 0.169 e. The smallest absolute Gasteiger partial charge is 0.169 e. The van der Waals surface area contributed by atoms with Gasteiger partial charge in [-0.15, -0.1) is 0 Å². The average Bonchev–Trinajstić information content (AvgIpc) is 2.69. The number of aromatic hydroxyl groups is 2. The van der Waals surface area contributed by atoms with Crippen LogP contribution in [0.1, 0.15) is 5.69 Å². The predicted octanol–water partition coefficient (Wildman–Crippen LogP) is 3.68. The van der Waals surface area contributed by atoms with Crippen LogP contribution in [0, 0.1) is 6.92 Å². The van der Waals surface area contributed by atoms with Crippen molar-refractivity contribution in [1.29, 1.82) is 0 Å². The Kier molecular flexibility index (Phi) is 2.56. The Hall–Kier alpha value is -2.62. The Bertz CT molecular complexity index is 746. The van der Waals surface area contributed by atoms with Gasteiger partial charge >= 0.3 is 0 Å². The molecule has 19 heavy (non-hydrogen) atoms. The maximum atomic E-state index is 9.74. The van der Waals surface area contributed by atoms with Crippen LogP contribution >= 0.6 is 0 Å². The minimum absolute atomic E-state index is 0.0800. The third-order valence-corrected chi connectivity index (χ3v) is 2.99. The number of benzene rings is 2. The molecule has 0 aliphatic rings. The van der Waals surface area contributed by atoms with Crippen molar-refractivity contribution >= 4 is 10.9 Å². The lowest BCUT2D eigenvalue weighted by Crippen LogP contribution is -1.85. The van der Waals surface area contributed by atoms with Gasteiger partial charge < -0.3 is 19.9 Å². The second-order valence-electron chi connectivity index (χ2n) is 4.38. The summed E-state index contributed by atoms with van der Waals surface area (Å²) >= 11 is 0. The first kappa shape index (κ1) is 11.5. The van der Waals surface area contributed by atoms with Gasteiger partial charge in [-0.25, -0.2) is 0 Å². The fraction of sp³-hybridized carbons (Fsp3) is 0.0667. The number of phenols is 2. The number of ether oxygens (including phenoxy) is 1. The van der Waals surface area contributed by atoms with Gasteiger partial charge in [-0.05, 0) is 37.3 Å². The Balaban J connectivity index is 2.12. The van der Waals surface area contributed by atoms with Crippen LogP contribution in [0.25, 0.3) is 10.9 Å². The molecule has 3 N–H and O–H groups in total. The van der Waals surface area contributed by atoms with Crippen LogP contribution in [0.4, 0.5) is 0 Å². The van der Waals surface area contributed by atoms with Crippen LogP contribution in [0.2, 0.25) is 0 Å². The van der Waals surface area contributed by atoms with Gasteiger partial charge in [0.1, 0.15) is 5.75 Å². The first-order valence-corrected chi connectivity index (χ1v) is 5.92. The molecular weight excluding hydrogens is 242 g/mol. The van der Waals surface area contributed by atoms with E-state index in [1.807, 2.05) is 6.92 Å². The number of hydrogen-bond donors (Lipinski definition) is 3. The van der Waals surface area contributed by atoms with Crippen LogP contribution in [-0.2, 0) is 0 Å². The molecule has 4 heteroatoms. The van der Waals surface area contributed by atoms with E-state index in [9.17, 15) is 10.2 Å². The Morgan fingerprint density at radius 3 is 2.63 bits per heavy atom. The third-order valence-electron chi connectivity index (χ3n) is 2.99. The van der Waals surface area contributed by atoms with Crippen molar-refractivity contribution in [2.24, 2.45) is 0 Å². The van der Waals surface area contributed by atoms with E-state index in [0.717, 1.165) is 16.6 Å². The van der Waals surface area contributed by atoms with Crippen LogP contribution in [-0.4, -0.2) is 15.2 Å².